The number of likely N-dealkylation sites (tertiary alicyclic amines) is 1. The van der Waals surface area contributed by atoms with Crippen molar-refractivity contribution in [3.8, 4) is 11.5 Å². The maximum atomic E-state index is 13.9. The topological polar surface area (TPSA) is 176 Å². The van der Waals surface area contributed by atoms with Crippen LogP contribution in [0.4, 0.5) is 26.0 Å². The summed E-state index contributed by atoms with van der Waals surface area (Å²) in [5.41, 5.74) is 4.18. The van der Waals surface area contributed by atoms with Crippen molar-refractivity contribution in [2.24, 2.45) is 11.3 Å². The first-order valence-electron chi connectivity index (χ1n) is 22.5. The van der Waals surface area contributed by atoms with E-state index in [0.29, 0.717) is 28.9 Å². The second-order valence-corrected chi connectivity index (χ2v) is 20.3. The summed E-state index contributed by atoms with van der Waals surface area (Å²) in [5, 5.41) is 15.7. The number of H-pyrrole nitrogens is 1. The maximum absolute atomic E-state index is 13.9. The molecule has 17 heteroatoms. The SMILES string of the molecule is O=C(NS(=O)(=O)c1cnc(NCC2CCC(F)(F)CC2)c([N+](=O)[O-])c1)c1ccc(N2CCC3(CC2)CC(N2CCC[C@H]2c2ccccc2C2CC2)C3)cc1Oc1cnc2[nH]ccc2c1. The number of fused-ring (bicyclic) bond motifs is 1. The average molecular weight is 895 g/mol. The van der Waals surface area contributed by atoms with Gasteiger partial charge in [-0.25, -0.2) is 31.9 Å². The molecule has 0 bridgehead atoms. The molecular formula is C47H52F2N8O6S. The number of halogens is 2. The van der Waals surface area contributed by atoms with Crippen molar-refractivity contribution in [3.63, 3.8) is 0 Å². The van der Waals surface area contributed by atoms with Crippen LogP contribution in [0.25, 0.3) is 11.0 Å². The lowest BCUT2D eigenvalue weighted by atomic mass is 9.59. The lowest BCUT2D eigenvalue weighted by molar-refractivity contribution is -0.384. The molecule has 1 amide bonds. The van der Waals surface area contributed by atoms with Crippen LogP contribution in [0.2, 0.25) is 0 Å². The number of piperidine rings is 1. The first-order valence-corrected chi connectivity index (χ1v) is 24.0. The second-order valence-electron chi connectivity index (χ2n) is 18.6. The Morgan fingerprint density at radius 3 is 2.44 bits per heavy atom. The minimum Gasteiger partial charge on any atom is -0.455 e. The van der Waals surface area contributed by atoms with Crippen molar-refractivity contribution in [1.29, 1.82) is 0 Å². The fourth-order valence-corrected chi connectivity index (χ4v) is 11.6. The van der Waals surface area contributed by atoms with Gasteiger partial charge in [0.25, 0.3) is 15.9 Å². The number of ether oxygens (including phenoxy) is 1. The highest BCUT2D eigenvalue weighted by Crippen LogP contribution is 2.55. The summed E-state index contributed by atoms with van der Waals surface area (Å²) in [6.07, 6.45) is 13.7. The number of carbonyl (C=O) groups excluding carboxylic acids is 1. The lowest BCUT2D eigenvalue weighted by Crippen LogP contribution is -2.54. The lowest BCUT2D eigenvalue weighted by Gasteiger charge is -2.56. The normalized spacial score (nSPS) is 21.5. The standard InChI is InChI=1S/C47H52F2N8O6S/c48-47(49)14-11-30(12-15-47)27-51-44-41(57(59)60)24-36(29-53-44)64(61,62)54-45(58)39-10-9-33(23-42(39)63-35-22-32-13-18-50-43(32)52-28-35)55-20-16-46(17-21-55)25-34(26-46)56-19-3-6-40(56)38-5-2-1-4-37(38)31-7-8-31/h1-2,4-5,9-10,13,18,22-24,28-31,34,40H,3,6-8,11-12,14-17,19-21,25-27H2,(H,50,52)(H,51,53)(H,54,58)/t40-/m0/s1. The molecular weight excluding hydrogens is 843 g/mol. The van der Waals surface area contributed by atoms with Crippen molar-refractivity contribution < 1.29 is 31.7 Å². The fraction of sp³-hybridized carbons (Fsp3) is 0.468. The third-order valence-corrected chi connectivity index (χ3v) is 15.7. The van der Waals surface area contributed by atoms with E-state index in [0.717, 1.165) is 61.7 Å². The van der Waals surface area contributed by atoms with Crippen molar-refractivity contribution in [1.82, 2.24) is 24.6 Å². The number of hydrogen-bond acceptors (Lipinski definition) is 11. The van der Waals surface area contributed by atoms with Gasteiger partial charge in [0.2, 0.25) is 11.7 Å². The molecule has 0 radical (unpaired) electrons. The Labute approximate surface area is 370 Å². The Balaban J connectivity index is 0.833. The number of anilines is 2. The average Bonchev–Trinajstić information content (AvgIpc) is 3.82. The Hall–Kier alpha value is -5.68. The summed E-state index contributed by atoms with van der Waals surface area (Å²) in [6.45, 7) is 2.96. The number of aromatic nitrogens is 3. The molecule has 5 aliphatic rings. The van der Waals surface area contributed by atoms with Crippen LogP contribution in [0.15, 0.2) is 84.1 Å². The molecule has 2 aliphatic heterocycles. The van der Waals surface area contributed by atoms with Gasteiger partial charge in [-0.3, -0.25) is 19.8 Å². The van der Waals surface area contributed by atoms with Crippen LogP contribution in [0.3, 0.4) is 0 Å². The minimum atomic E-state index is -4.68. The molecule has 2 saturated heterocycles. The van der Waals surface area contributed by atoms with Crippen molar-refractivity contribution in [3.05, 3.63) is 106 Å². The number of aromatic amines is 1. The number of nitro groups is 1. The number of carbonyl (C=O) groups is 1. The summed E-state index contributed by atoms with van der Waals surface area (Å²) >= 11 is 0. The molecule has 3 N–H and O–H groups in total. The molecule has 64 heavy (non-hydrogen) atoms. The van der Waals surface area contributed by atoms with Gasteiger partial charge in [-0.1, -0.05) is 24.3 Å². The molecule has 2 aromatic carbocycles. The molecule has 5 fully saturated rings. The van der Waals surface area contributed by atoms with E-state index in [-0.39, 0.29) is 55.3 Å². The number of pyridine rings is 2. The molecule has 3 saturated carbocycles. The Morgan fingerprint density at radius 2 is 1.69 bits per heavy atom. The zero-order valence-electron chi connectivity index (χ0n) is 35.5. The molecule has 5 heterocycles. The van der Waals surface area contributed by atoms with Crippen LogP contribution in [0.5, 0.6) is 11.5 Å². The number of benzene rings is 2. The highest BCUT2D eigenvalue weighted by atomic mass is 32.2. The summed E-state index contributed by atoms with van der Waals surface area (Å²) in [6, 6.07) is 19.7. The Morgan fingerprint density at radius 1 is 0.922 bits per heavy atom. The maximum Gasteiger partial charge on any atom is 0.312 e. The summed E-state index contributed by atoms with van der Waals surface area (Å²) in [4.78, 5) is 41.2. The van der Waals surface area contributed by atoms with Crippen LogP contribution in [-0.4, -0.2) is 77.2 Å². The third kappa shape index (κ3) is 8.63. The van der Waals surface area contributed by atoms with E-state index in [2.05, 4.69) is 59.1 Å². The van der Waals surface area contributed by atoms with Crippen molar-refractivity contribution >= 4 is 44.2 Å². The molecule has 1 atom stereocenters. The second kappa shape index (κ2) is 16.7. The van der Waals surface area contributed by atoms with Gasteiger partial charge in [0, 0.05) is 74.0 Å². The summed E-state index contributed by atoms with van der Waals surface area (Å²) < 4.78 is 63.0. The van der Waals surface area contributed by atoms with Gasteiger partial charge in [-0.2, -0.15) is 0 Å². The number of rotatable bonds is 13. The van der Waals surface area contributed by atoms with Crippen LogP contribution >= 0.6 is 0 Å². The van der Waals surface area contributed by atoms with Gasteiger partial charge in [-0.05, 0) is 123 Å². The van der Waals surface area contributed by atoms with Gasteiger partial charge in [0.05, 0.1) is 22.9 Å². The predicted octanol–water partition coefficient (Wildman–Crippen LogP) is 9.48. The van der Waals surface area contributed by atoms with Gasteiger partial charge >= 0.3 is 5.69 Å². The molecule has 14 nitrogen and oxygen atoms in total. The van der Waals surface area contributed by atoms with Gasteiger partial charge < -0.3 is 19.9 Å². The number of amides is 1. The van der Waals surface area contributed by atoms with Gasteiger partial charge in [0.1, 0.15) is 22.0 Å². The van der Waals surface area contributed by atoms with E-state index < -0.39 is 37.4 Å². The minimum absolute atomic E-state index is 0.0703. The fourth-order valence-electron chi connectivity index (χ4n) is 10.7. The number of hydrogen-bond donors (Lipinski definition) is 3. The van der Waals surface area contributed by atoms with Crippen LogP contribution in [0.1, 0.15) is 110 Å². The number of nitrogens with one attached hydrogen (secondary N) is 3. The van der Waals surface area contributed by atoms with Crippen molar-refractivity contribution in [2.75, 3.05) is 36.4 Å². The highest BCUT2D eigenvalue weighted by Gasteiger charge is 2.50. The first-order chi connectivity index (χ1) is 30.8. The molecule has 5 aromatic rings. The Kier molecular flexibility index (Phi) is 11.0. The smallest absolute Gasteiger partial charge is 0.312 e. The van der Waals surface area contributed by atoms with E-state index in [1.165, 1.54) is 50.8 Å². The van der Waals surface area contributed by atoms with Crippen LogP contribution < -0.4 is 19.7 Å². The Bertz CT molecular complexity index is 2680. The van der Waals surface area contributed by atoms with Gasteiger partial charge in [0.15, 0.2) is 0 Å². The number of nitrogens with zero attached hydrogens (tertiary/aromatic N) is 5. The molecule has 336 valence electrons. The summed E-state index contributed by atoms with van der Waals surface area (Å²) in [7, 11) is -4.68. The summed E-state index contributed by atoms with van der Waals surface area (Å²) in [5.74, 6) is -2.89. The quantitative estimate of drug-likeness (QED) is 0.0758. The first kappa shape index (κ1) is 42.3. The van der Waals surface area contributed by atoms with E-state index in [9.17, 15) is 32.1 Å². The third-order valence-electron chi connectivity index (χ3n) is 14.4. The molecule has 1 spiro atoms. The zero-order valence-corrected chi connectivity index (χ0v) is 36.3. The van der Waals surface area contributed by atoms with Crippen LogP contribution in [0, 0.1) is 21.4 Å². The predicted molar refractivity (Wildman–Crippen MR) is 238 cm³/mol. The van der Waals surface area contributed by atoms with E-state index in [1.54, 1.807) is 35.5 Å². The number of alkyl halides is 2. The van der Waals surface area contributed by atoms with E-state index >= 15 is 0 Å². The molecule has 3 aromatic heterocycles. The van der Waals surface area contributed by atoms with Gasteiger partial charge in [-0.15, -0.1) is 0 Å². The highest BCUT2D eigenvalue weighted by molar-refractivity contribution is 7.90. The van der Waals surface area contributed by atoms with Crippen molar-refractivity contribution in [2.45, 2.75) is 106 Å². The van der Waals surface area contributed by atoms with Crippen LogP contribution in [-0.2, 0) is 10.0 Å². The van der Waals surface area contributed by atoms with E-state index in [4.69, 9.17) is 4.74 Å². The van der Waals surface area contributed by atoms with E-state index in [1.807, 2.05) is 6.07 Å². The number of sulfonamides is 1. The molecule has 10 rings (SSSR count). The molecule has 0 unspecified atom stereocenters. The monoisotopic (exact) mass is 894 g/mol. The molecule has 3 aliphatic carbocycles. The zero-order chi connectivity index (χ0) is 44.2. The largest absolute Gasteiger partial charge is 0.455 e.